The molecule has 1 heterocycles. The van der Waals surface area contributed by atoms with Crippen LogP contribution >= 0.6 is 23.2 Å². The fraction of sp³-hybridized carbons (Fsp3) is 0.381. The maximum Gasteiger partial charge on any atom is 0.243 e. The van der Waals surface area contributed by atoms with Gasteiger partial charge in [0.25, 0.3) is 0 Å². The smallest absolute Gasteiger partial charge is 0.243 e. The van der Waals surface area contributed by atoms with Gasteiger partial charge in [0.1, 0.15) is 0 Å². The minimum atomic E-state index is -0.161. The first-order valence-corrected chi connectivity index (χ1v) is 9.95. The Bertz CT molecular complexity index is 774. The number of allylic oxidation sites excluding steroid dienone is 3. The van der Waals surface area contributed by atoms with E-state index in [0.717, 1.165) is 23.8 Å². The van der Waals surface area contributed by atoms with Crippen molar-refractivity contribution in [1.82, 2.24) is 10.2 Å². The molecule has 144 valence electrons. The molecule has 3 rings (SSSR count). The van der Waals surface area contributed by atoms with Gasteiger partial charge in [0.15, 0.2) is 0 Å². The molecule has 0 radical (unpaired) electrons. The van der Waals surface area contributed by atoms with Crippen LogP contribution in [0.1, 0.15) is 11.5 Å². The number of hydrogen-bond acceptors (Lipinski definition) is 3. The first-order valence-electron chi connectivity index (χ1n) is 9.13. The Hall–Kier alpha value is -1.75. The van der Waals surface area contributed by atoms with Crippen molar-refractivity contribution in [1.29, 1.82) is 0 Å². The molecule has 3 atom stereocenters. The first-order chi connectivity index (χ1) is 13.0. The van der Waals surface area contributed by atoms with Crippen molar-refractivity contribution in [2.24, 2.45) is 5.92 Å². The molecule has 4 nitrogen and oxygen atoms in total. The summed E-state index contributed by atoms with van der Waals surface area (Å²) in [5.74, 6) is 0.384. The number of amides is 1. The van der Waals surface area contributed by atoms with E-state index in [0.29, 0.717) is 13.1 Å². The van der Waals surface area contributed by atoms with Gasteiger partial charge in [-0.25, -0.2) is 0 Å². The number of carbonyl (C=O) groups is 1. The quantitative estimate of drug-likeness (QED) is 0.430. The minimum Gasteiger partial charge on any atom is -0.383 e. The summed E-state index contributed by atoms with van der Waals surface area (Å²) in [6, 6.07) is 8.42. The number of halogens is 2. The summed E-state index contributed by atoms with van der Waals surface area (Å²) in [6.07, 6.45) is 5.30. The fourth-order valence-corrected chi connectivity index (χ4v) is 4.47. The van der Waals surface area contributed by atoms with Crippen LogP contribution in [-0.4, -0.2) is 49.4 Å². The van der Waals surface area contributed by atoms with Crippen molar-refractivity contribution < 1.29 is 4.79 Å². The number of anilines is 1. The van der Waals surface area contributed by atoms with Crippen molar-refractivity contribution in [2.45, 2.75) is 11.3 Å². The van der Waals surface area contributed by atoms with E-state index in [1.807, 2.05) is 12.1 Å². The Balaban J connectivity index is 1.74. The van der Waals surface area contributed by atoms with Crippen molar-refractivity contribution in [3.05, 3.63) is 65.2 Å². The van der Waals surface area contributed by atoms with E-state index in [1.165, 1.54) is 17.2 Å². The Morgan fingerprint density at radius 1 is 1.37 bits per heavy atom. The average molecular weight is 406 g/mol. The zero-order valence-corrected chi connectivity index (χ0v) is 16.9. The highest BCUT2D eigenvalue weighted by atomic mass is 35.5. The molecular weight excluding hydrogens is 381 g/mol. The molecule has 6 heteroatoms. The molecule has 0 bridgehead atoms. The van der Waals surface area contributed by atoms with Crippen LogP contribution in [-0.2, 0) is 4.79 Å². The zero-order chi connectivity index (χ0) is 19.4. The molecule has 1 aromatic rings. The van der Waals surface area contributed by atoms with Crippen LogP contribution in [0.25, 0.3) is 0 Å². The van der Waals surface area contributed by atoms with E-state index in [-0.39, 0.29) is 23.1 Å². The molecule has 1 aromatic carbocycles. The highest BCUT2D eigenvalue weighted by Gasteiger charge is 2.36. The maximum atomic E-state index is 11.2. The van der Waals surface area contributed by atoms with Crippen LogP contribution in [0.2, 0.25) is 0 Å². The van der Waals surface area contributed by atoms with E-state index in [4.69, 9.17) is 23.2 Å². The van der Waals surface area contributed by atoms with Gasteiger partial charge >= 0.3 is 0 Å². The highest BCUT2D eigenvalue weighted by molar-refractivity contribution is 6.32. The number of hydrogen-bond donors (Lipinski definition) is 2. The molecule has 1 aliphatic heterocycles. The number of alkyl halides is 1. The summed E-state index contributed by atoms with van der Waals surface area (Å²) < 4.78 is 0. The summed E-state index contributed by atoms with van der Waals surface area (Å²) in [7, 11) is 2.14. The molecule has 1 amide bonds. The van der Waals surface area contributed by atoms with Crippen molar-refractivity contribution in [3.63, 3.8) is 0 Å². The Morgan fingerprint density at radius 2 is 2.19 bits per heavy atom. The van der Waals surface area contributed by atoms with Crippen LogP contribution in [0.5, 0.6) is 0 Å². The predicted molar refractivity (Wildman–Crippen MR) is 114 cm³/mol. The molecule has 3 unspecified atom stereocenters. The van der Waals surface area contributed by atoms with E-state index >= 15 is 0 Å². The molecule has 0 aromatic heterocycles. The van der Waals surface area contributed by atoms with Crippen LogP contribution in [0.4, 0.5) is 5.69 Å². The molecule has 1 fully saturated rings. The molecule has 2 aliphatic rings. The normalized spacial score (nSPS) is 25.1. The molecular formula is C21H25Cl2N3O. The number of nitrogens with zero attached hydrogens (tertiary/aromatic N) is 1. The Kier molecular flexibility index (Phi) is 6.64. The SMILES string of the molecule is C=CC(=O)NCCNc1cccc(C2CN(C)CC3C2=CC(Cl)=CC3Cl)c1. The van der Waals surface area contributed by atoms with Gasteiger partial charge in [0.05, 0.1) is 5.38 Å². The molecule has 1 saturated heterocycles. The van der Waals surface area contributed by atoms with Crippen LogP contribution in [0.3, 0.4) is 0 Å². The Labute approximate surface area is 170 Å². The number of carbonyl (C=O) groups excluding carboxylic acids is 1. The van der Waals surface area contributed by atoms with E-state index in [9.17, 15) is 4.79 Å². The van der Waals surface area contributed by atoms with Gasteiger partial charge in [-0.2, -0.15) is 0 Å². The third kappa shape index (κ3) is 4.95. The van der Waals surface area contributed by atoms with Crippen molar-refractivity contribution in [2.75, 3.05) is 38.5 Å². The number of likely N-dealkylation sites (tertiary alicyclic amines) is 1. The topological polar surface area (TPSA) is 44.4 Å². The lowest BCUT2D eigenvalue weighted by Crippen LogP contribution is -2.42. The number of nitrogens with one attached hydrogen (secondary N) is 2. The van der Waals surface area contributed by atoms with Gasteiger partial charge in [0.2, 0.25) is 5.91 Å². The number of likely N-dealkylation sites (N-methyl/N-ethyl adjacent to an activating group) is 1. The summed E-state index contributed by atoms with van der Waals surface area (Å²) in [4.78, 5) is 13.5. The molecule has 2 N–H and O–H groups in total. The third-order valence-corrected chi connectivity index (χ3v) is 5.73. The molecule has 0 saturated carbocycles. The monoisotopic (exact) mass is 405 g/mol. The standard InChI is InChI=1S/C21H25Cl2N3O/c1-3-21(27)25-8-7-24-16-6-4-5-14(9-16)18-12-26(2)13-19-17(18)10-15(22)11-20(19)23/h3-6,9-11,18-20,24H,1,7-8,12-13H2,2H3,(H,25,27). The Morgan fingerprint density at radius 3 is 2.96 bits per heavy atom. The largest absolute Gasteiger partial charge is 0.383 e. The number of fused-ring (bicyclic) bond motifs is 1. The van der Waals surface area contributed by atoms with E-state index in [2.05, 4.69) is 53.4 Å². The van der Waals surface area contributed by atoms with Gasteiger partial charge in [-0.3, -0.25) is 4.79 Å². The zero-order valence-electron chi connectivity index (χ0n) is 15.4. The predicted octanol–water partition coefficient (Wildman–Crippen LogP) is 3.72. The number of piperidine rings is 1. The van der Waals surface area contributed by atoms with Crippen molar-refractivity contribution >= 4 is 34.8 Å². The number of rotatable bonds is 6. The van der Waals surface area contributed by atoms with Gasteiger partial charge in [-0.15, -0.1) is 11.6 Å². The van der Waals surface area contributed by atoms with Crippen LogP contribution in [0.15, 0.2) is 59.7 Å². The average Bonchev–Trinajstić information content (AvgIpc) is 2.65. The second-order valence-electron chi connectivity index (χ2n) is 7.07. The lowest BCUT2D eigenvalue weighted by atomic mass is 9.76. The van der Waals surface area contributed by atoms with Crippen LogP contribution in [0, 0.1) is 5.92 Å². The summed E-state index contributed by atoms with van der Waals surface area (Å²) >= 11 is 12.9. The summed E-state index contributed by atoms with van der Waals surface area (Å²) in [6.45, 7) is 6.52. The lowest BCUT2D eigenvalue weighted by molar-refractivity contribution is -0.116. The summed E-state index contributed by atoms with van der Waals surface area (Å²) in [5, 5.41) is 6.77. The molecule has 1 aliphatic carbocycles. The highest BCUT2D eigenvalue weighted by Crippen LogP contribution is 2.42. The van der Waals surface area contributed by atoms with Gasteiger partial charge in [0, 0.05) is 48.7 Å². The van der Waals surface area contributed by atoms with Gasteiger partial charge in [-0.1, -0.05) is 35.9 Å². The minimum absolute atomic E-state index is 0.0717. The molecule has 27 heavy (non-hydrogen) atoms. The second kappa shape index (κ2) is 8.96. The maximum absolute atomic E-state index is 11.2. The third-order valence-electron chi connectivity index (χ3n) is 5.07. The van der Waals surface area contributed by atoms with E-state index < -0.39 is 0 Å². The number of benzene rings is 1. The fourth-order valence-electron chi connectivity index (χ4n) is 3.79. The van der Waals surface area contributed by atoms with Gasteiger partial charge < -0.3 is 15.5 Å². The van der Waals surface area contributed by atoms with Crippen LogP contribution < -0.4 is 10.6 Å². The first kappa shape index (κ1) is 20.0. The summed E-state index contributed by atoms with van der Waals surface area (Å²) in [5.41, 5.74) is 3.59. The second-order valence-corrected chi connectivity index (χ2v) is 8.01. The molecule has 0 spiro atoms. The van der Waals surface area contributed by atoms with E-state index in [1.54, 1.807) is 0 Å². The van der Waals surface area contributed by atoms with Crippen molar-refractivity contribution in [3.8, 4) is 0 Å². The lowest BCUT2D eigenvalue weighted by Gasteiger charge is -2.41. The van der Waals surface area contributed by atoms with Gasteiger partial charge in [-0.05, 0) is 43.0 Å².